The van der Waals surface area contributed by atoms with Gasteiger partial charge in [-0.2, -0.15) is 0 Å². The minimum absolute atomic E-state index is 0.177. The first-order chi connectivity index (χ1) is 6.66. The predicted molar refractivity (Wildman–Crippen MR) is 57.2 cm³/mol. The first-order valence-corrected chi connectivity index (χ1v) is 4.84. The van der Waals surface area contributed by atoms with E-state index in [-0.39, 0.29) is 5.96 Å². The third kappa shape index (κ3) is 1.58. The maximum atomic E-state index is 7.38. The summed E-state index contributed by atoms with van der Waals surface area (Å²) in [5.74, 6) is 0.177. The predicted octanol–water partition coefficient (Wildman–Crippen LogP) is 1.25. The Morgan fingerprint density at radius 1 is 1.43 bits per heavy atom. The second-order valence-electron chi connectivity index (χ2n) is 3.83. The highest BCUT2D eigenvalue weighted by atomic mass is 15.2. The summed E-state index contributed by atoms with van der Waals surface area (Å²) in [6, 6.07) is 6.48. The van der Waals surface area contributed by atoms with Crippen molar-refractivity contribution in [2.24, 2.45) is 5.73 Å². The van der Waals surface area contributed by atoms with Crippen LogP contribution in [0.25, 0.3) is 0 Å². The van der Waals surface area contributed by atoms with E-state index in [0.717, 1.165) is 19.5 Å². The molecule has 0 atom stereocenters. The van der Waals surface area contributed by atoms with Crippen molar-refractivity contribution in [3.63, 3.8) is 0 Å². The Balaban J connectivity index is 2.27. The van der Waals surface area contributed by atoms with Gasteiger partial charge < -0.3 is 10.6 Å². The third-order valence-corrected chi connectivity index (χ3v) is 2.71. The van der Waals surface area contributed by atoms with Crippen molar-refractivity contribution in [3.05, 3.63) is 34.9 Å². The molecule has 0 bridgehead atoms. The van der Waals surface area contributed by atoms with E-state index in [4.69, 9.17) is 11.1 Å². The van der Waals surface area contributed by atoms with Crippen LogP contribution in [0, 0.1) is 12.3 Å². The van der Waals surface area contributed by atoms with E-state index in [1.54, 1.807) is 0 Å². The molecule has 14 heavy (non-hydrogen) atoms. The van der Waals surface area contributed by atoms with Crippen LogP contribution < -0.4 is 5.73 Å². The van der Waals surface area contributed by atoms with E-state index in [9.17, 15) is 0 Å². The van der Waals surface area contributed by atoms with Crippen LogP contribution in [0.1, 0.15) is 16.7 Å². The average Bonchev–Trinajstić information content (AvgIpc) is 2.16. The third-order valence-electron chi connectivity index (χ3n) is 2.71. The number of nitrogens with zero attached hydrogens (tertiary/aromatic N) is 1. The lowest BCUT2D eigenvalue weighted by Gasteiger charge is -2.29. The summed E-state index contributed by atoms with van der Waals surface area (Å²) in [7, 11) is 0. The van der Waals surface area contributed by atoms with Gasteiger partial charge in [-0.3, -0.25) is 5.41 Å². The molecule has 1 heterocycles. The number of fused-ring (bicyclic) bond motifs is 1. The molecule has 0 radical (unpaired) electrons. The normalized spacial score (nSPS) is 15.1. The number of benzene rings is 1. The highest BCUT2D eigenvalue weighted by Crippen LogP contribution is 2.19. The summed E-state index contributed by atoms with van der Waals surface area (Å²) in [6.07, 6.45) is 0.997. The smallest absolute Gasteiger partial charge is 0.188 e. The van der Waals surface area contributed by atoms with Crippen molar-refractivity contribution >= 4 is 5.96 Å². The Kier molecular flexibility index (Phi) is 2.15. The molecule has 1 aromatic rings. The summed E-state index contributed by atoms with van der Waals surface area (Å²) in [4.78, 5) is 1.90. The van der Waals surface area contributed by atoms with Gasteiger partial charge in [0.05, 0.1) is 0 Å². The van der Waals surface area contributed by atoms with Gasteiger partial charge in [0, 0.05) is 13.1 Å². The van der Waals surface area contributed by atoms with E-state index in [0.29, 0.717) is 0 Å². The Morgan fingerprint density at radius 2 is 2.21 bits per heavy atom. The maximum Gasteiger partial charge on any atom is 0.188 e. The van der Waals surface area contributed by atoms with Crippen LogP contribution in [0.15, 0.2) is 18.2 Å². The van der Waals surface area contributed by atoms with E-state index in [1.807, 2.05) is 4.90 Å². The number of nitrogens with two attached hydrogens (primary N) is 1. The molecule has 0 saturated carbocycles. The molecule has 3 nitrogen and oxygen atoms in total. The summed E-state index contributed by atoms with van der Waals surface area (Å²) < 4.78 is 0. The molecule has 0 aliphatic carbocycles. The quantitative estimate of drug-likeness (QED) is 0.476. The fourth-order valence-electron chi connectivity index (χ4n) is 1.89. The van der Waals surface area contributed by atoms with E-state index >= 15 is 0 Å². The number of hydrogen-bond donors (Lipinski definition) is 2. The second kappa shape index (κ2) is 3.33. The molecule has 74 valence electrons. The molecule has 0 amide bonds. The summed E-state index contributed by atoms with van der Waals surface area (Å²) in [5, 5.41) is 7.38. The zero-order chi connectivity index (χ0) is 10.1. The number of guanidine groups is 1. The summed E-state index contributed by atoms with van der Waals surface area (Å²) >= 11 is 0. The molecular formula is C11H15N3. The maximum absolute atomic E-state index is 7.38. The van der Waals surface area contributed by atoms with Gasteiger partial charge >= 0.3 is 0 Å². The fraction of sp³-hybridized carbons (Fsp3) is 0.364. The number of aryl methyl sites for hydroxylation is 1. The summed E-state index contributed by atoms with van der Waals surface area (Å²) in [6.45, 7) is 3.76. The van der Waals surface area contributed by atoms with Crippen LogP contribution in [-0.2, 0) is 13.0 Å². The Labute approximate surface area is 84.0 Å². The Hall–Kier alpha value is -1.51. The Bertz CT molecular complexity index is 371. The molecule has 3 N–H and O–H groups in total. The van der Waals surface area contributed by atoms with Crippen molar-refractivity contribution in [3.8, 4) is 0 Å². The van der Waals surface area contributed by atoms with Crippen LogP contribution in [0.4, 0.5) is 0 Å². The lowest BCUT2D eigenvalue weighted by atomic mass is 9.98. The highest BCUT2D eigenvalue weighted by Gasteiger charge is 2.16. The van der Waals surface area contributed by atoms with Crippen LogP contribution in [-0.4, -0.2) is 17.4 Å². The molecule has 3 heteroatoms. The molecule has 0 aromatic heterocycles. The van der Waals surface area contributed by atoms with Crippen molar-refractivity contribution in [2.45, 2.75) is 19.9 Å². The van der Waals surface area contributed by atoms with Gasteiger partial charge in [0.2, 0.25) is 0 Å². The highest BCUT2D eigenvalue weighted by molar-refractivity contribution is 5.74. The van der Waals surface area contributed by atoms with Crippen molar-refractivity contribution in [1.82, 2.24) is 4.90 Å². The van der Waals surface area contributed by atoms with E-state index in [2.05, 4.69) is 25.1 Å². The minimum Gasteiger partial charge on any atom is -0.370 e. The monoisotopic (exact) mass is 189 g/mol. The SMILES string of the molecule is Cc1ccc2c(c1)CCN(C(=N)N)C2. The molecule has 1 aromatic carbocycles. The van der Waals surface area contributed by atoms with E-state index < -0.39 is 0 Å². The lowest BCUT2D eigenvalue weighted by Crippen LogP contribution is -2.40. The van der Waals surface area contributed by atoms with Crippen molar-refractivity contribution in [2.75, 3.05) is 6.54 Å². The van der Waals surface area contributed by atoms with Crippen molar-refractivity contribution in [1.29, 1.82) is 5.41 Å². The number of nitrogens with one attached hydrogen (secondary N) is 1. The van der Waals surface area contributed by atoms with Gasteiger partial charge in [-0.25, -0.2) is 0 Å². The van der Waals surface area contributed by atoms with Gasteiger partial charge in [0.15, 0.2) is 5.96 Å². The Morgan fingerprint density at radius 3 is 2.93 bits per heavy atom. The van der Waals surface area contributed by atoms with Gasteiger partial charge in [-0.05, 0) is 24.5 Å². The zero-order valence-electron chi connectivity index (χ0n) is 8.38. The van der Waals surface area contributed by atoms with Crippen molar-refractivity contribution < 1.29 is 0 Å². The molecule has 1 aliphatic rings. The van der Waals surface area contributed by atoms with Gasteiger partial charge in [-0.1, -0.05) is 23.8 Å². The molecule has 0 spiro atoms. The molecule has 0 saturated heterocycles. The average molecular weight is 189 g/mol. The first kappa shape index (κ1) is 9.06. The lowest BCUT2D eigenvalue weighted by molar-refractivity contribution is 0.387. The standard InChI is InChI=1S/C11H15N3/c1-8-2-3-10-7-14(11(12)13)5-4-9(10)6-8/h2-3,6H,4-5,7H2,1H3,(H3,12,13). The van der Waals surface area contributed by atoms with E-state index in [1.165, 1.54) is 16.7 Å². The van der Waals surface area contributed by atoms with Gasteiger partial charge in [0.25, 0.3) is 0 Å². The molecule has 0 fully saturated rings. The van der Waals surface area contributed by atoms with Gasteiger partial charge in [-0.15, -0.1) is 0 Å². The van der Waals surface area contributed by atoms with Crippen LogP contribution in [0.3, 0.4) is 0 Å². The van der Waals surface area contributed by atoms with Crippen LogP contribution in [0.5, 0.6) is 0 Å². The second-order valence-corrected chi connectivity index (χ2v) is 3.83. The molecule has 2 rings (SSSR count). The molecular weight excluding hydrogens is 174 g/mol. The summed E-state index contributed by atoms with van der Waals surface area (Å²) in [5.41, 5.74) is 9.48. The fourth-order valence-corrected chi connectivity index (χ4v) is 1.89. The number of hydrogen-bond acceptors (Lipinski definition) is 1. The topological polar surface area (TPSA) is 53.1 Å². The van der Waals surface area contributed by atoms with Crippen LogP contribution >= 0.6 is 0 Å². The van der Waals surface area contributed by atoms with Gasteiger partial charge in [0.1, 0.15) is 0 Å². The minimum atomic E-state index is 0.177. The van der Waals surface area contributed by atoms with Crippen LogP contribution in [0.2, 0.25) is 0 Å². The number of rotatable bonds is 0. The first-order valence-electron chi connectivity index (χ1n) is 4.84. The largest absolute Gasteiger partial charge is 0.370 e. The molecule has 0 unspecified atom stereocenters. The molecule has 1 aliphatic heterocycles. The zero-order valence-corrected chi connectivity index (χ0v) is 8.38.